The van der Waals surface area contributed by atoms with Crippen LogP contribution >= 0.6 is 0 Å². The Morgan fingerprint density at radius 2 is 1.61 bits per heavy atom. The van der Waals surface area contributed by atoms with Gasteiger partial charge in [-0.2, -0.15) is 9.97 Å². The Morgan fingerprint density at radius 3 is 2.00 bits per heavy atom. The second-order valence-corrected chi connectivity index (χ2v) is 4.54. The molecule has 0 aliphatic rings. The van der Waals surface area contributed by atoms with E-state index >= 15 is 0 Å². The van der Waals surface area contributed by atoms with Crippen LogP contribution in [0.4, 0.5) is 0 Å². The lowest BCUT2D eigenvalue weighted by Crippen LogP contribution is -2.30. The molecule has 0 bridgehead atoms. The molecule has 0 saturated carbocycles. The SMILES string of the molecule is CNC(Cc1nc(OC)nc(OC)n1)CC(C)C. The molecule has 1 rings (SSSR count). The van der Waals surface area contributed by atoms with Crippen molar-refractivity contribution in [3.05, 3.63) is 5.82 Å². The van der Waals surface area contributed by atoms with Gasteiger partial charge in [0, 0.05) is 12.5 Å². The van der Waals surface area contributed by atoms with Crippen molar-refractivity contribution in [1.82, 2.24) is 20.3 Å². The molecule has 0 aliphatic carbocycles. The summed E-state index contributed by atoms with van der Waals surface area (Å²) in [6, 6.07) is 0.911. The Bertz CT molecular complexity index is 349. The number of nitrogens with one attached hydrogen (secondary N) is 1. The monoisotopic (exact) mass is 254 g/mol. The maximum Gasteiger partial charge on any atom is 0.322 e. The maximum absolute atomic E-state index is 5.03. The van der Waals surface area contributed by atoms with Crippen molar-refractivity contribution in [3.8, 4) is 12.0 Å². The van der Waals surface area contributed by atoms with E-state index in [4.69, 9.17) is 9.47 Å². The quantitative estimate of drug-likeness (QED) is 0.785. The van der Waals surface area contributed by atoms with E-state index in [1.54, 1.807) is 0 Å². The number of hydrogen-bond donors (Lipinski definition) is 1. The first-order valence-electron chi connectivity index (χ1n) is 6.09. The summed E-state index contributed by atoms with van der Waals surface area (Å²) in [4.78, 5) is 12.4. The van der Waals surface area contributed by atoms with Crippen LogP contribution in [0.25, 0.3) is 0 Å². The molecule has 18 heavy (non-hydrogen) atoms. The smallest absolute Gasteiger partial charge is 0.322 e. The number of rotatable bonds is 7. The zero-order valence-electron chi connectivity index (χ0n) is 11.7. The Hall–Kier alpha value is -1.43. The molecule has 6 nitrogen and oxygen atoms in total. The summed E-state index contributed by atoms with van der Waals surface area (Å²) in [5.41, 5.74) is 0. The van der Waals surface area contributed by atoms with E-state index < -0.39 is 0 Å². The van der Waals surface area contributed by atoms with E-state index in [-0.39, 0.29) is 12.0 Å². The summed E-state index contributed by atoms with van der Waals surface area (Å²) in [7, 11) is 5.01. The van der Waals surface area contributed by atoms with E-state index in [1.807, 2.05) is 7.05 Å². The van der Waals surface area contributed by atoms with Gasteiger partial charge >= 0.3 is 12.0 Å². The van der Waals surface area contributed by atoms with E-state index in [2.05, 4.69) is 34.1 Å². The van der Waals surface area contributed by atoms with Gasteiger partial charge in [0.2, 0.25) is 0 Å². The Labute approximate surface area is 108 Å². The maximum atomic E-state index is 5.03. The zero-order chi connectivity index (χ0) is 13.5. The lowest BCUT2D eigenvalue weighted by atomic mass is 10.0. The summed E-state index contributed by atoms with van der Waals surface area (Å²) >= 11 is 0. The average molecular weight is 254 g/mol. The Kier molecular flexibility index (Phi) is 5.77. The van der Waals surface area contributed by atoms with Crippen LogP contribution in [0.3, 0.4) is 0 Å². The molecular formula is C12H22N4O2. The fourth-order valence-electron chi connectivity index (χ4n) is 1.74. The van der Waals surface area contributed by atoms with Crippen LogP contribution in [-0.4, -0.2) is 42.3 Å². The average Bonchev–Trinajstić information content (AvgIpc) is 2.36. The second-order valence-electron chi connectivity index (χ2n) is 4.54. The summed E-state index contributed by atoms with van der Waals surface area (Å²) in [6.45, 7) is 4.39. The van der Waals surface area contributed by atoms with Gasteiger partial charge in [-0.3, -0.25) is 0 Å². The van der Waals surface area contributed by atoms with Gasteiger partial charge in [-0.05, 0) is 19.4 Å². The zero-order valence-corrected chi connectivity index (χ0v) is 11.7. The van der Waals surface area contributed by atoms with Crippen LogP contribution in [0.15, 0.2) is 0 Å². The first-order chi connectivity index (χ1) is 8.58. The number of nitrogens with zero attached hydrogens (tertiary/aromatic N) is 3. The lowest BCUT2D eigenvalue weighted by molar-refractivity contribution is 0.333. The van der Waals surface area contributed by atoms with Gasteiger partial charge in [0.15, 0.2) is 0 Å². The molecule has 0 amide bonds. The molecule has 0 aliphatic heterocycles. The number of aromatic nitrogens is 3. The molecule has 0 radical (unpaired) electrons. The highest BCUT2D eigenvalue weighted by Gasteiger charge is 2.14. The molecule has 1 aromatic rings. The van der Waals surface area contributed by atoms with Crippen LogP contribution in [0, 0.1) is 5.92 Å². The molecule has 0 spiro atoms. The molecule has 1 atom stereocenters. The molecule has 1 heterocycles. The first-order valence-corrected chi connectivity index (χ1v) is 6.09. The Morgan fingerprint density at radius 1 is 1.06 bits per heavy atom. The highest BCUT2D eigenvalue weighted by atomic mass is 16.5. The minimum Gasteiger partial charge on any atom is -0.467 e. The topological polar surface area (TPSA) is 69.2 Å². The van der Waals surface area contributed by atoms with E-state index in [0.717, 1.165) is 12.8 Å². The van der Waals surface area contributed by atoms with Gasteiger partial charge < -0.3 is 14.8 Å². The fraction of sp³-hybridized carbons (Fsp3) is 0.750. The van der Waals surface area contributed by atoms with Gasteiger partial charge in [0.1, 0.15) is 5.82 Å². The number of likely N-dealkylation sites (N-methyl/N-ethyl adjacent to an activating group) is 1. The molecule has 0 aromatic carbocycles. The molecule has 1 aromatic heterocycles. The van der Waals surface area contributed by atoms with Gasteiger partial charge in [0.05, 0.1) is 14.2 Å². The highest BCUT2D eigenvalue weighted by molar-refractivity contribution is 5.06. The van der Waals surface area contributed by atoms with Crippen molar-refractivity contribution >= 4 is 0 Å². The van der Waals surface area contributed by atoms with E-state index in [9.17, 15) is 0 Å². The summed E-state index contributed by atoms with van der Waals surface area (Å²) in [5.74, 6) is 1.30. The van der Waals surface area contributed by atoms with Crippen molar-refractivity contribution < 1.29 is 9.47 Å². The Balaban J connectivity index is 2.81. The minimum absolute atomic E-state index is 0.288. The van der Waals surface area contributed by atoms with Crippen LogP contribution in [-0.2, 0) is 6.42 Å². The molecule has 1 unspecified atom stereocenters. The van der Waals surface area contributed by atoms with Crippen LogP contribution in [0.5, 0.6) is 12.0 Å². The lowest BCUT2D eigenvalue weighted by Gasteiger charge is -2.17. The molecular weight excluding hydrogens is 232 g/mol. The van der Waals surface area contributed by atoms with Gasteiger partial charge in [-0.15, -0.1) is 4.98 Å². The summed E-state index contributed by atoms with van der Waals surface area (Å²) in [6.07, 6.45) is 1.79. The van der Waals surface area contributed by atoms with E-state index in [0.29, 0.717) is 17.8 Å². The minimum atomic E-state index is 0.288. The second kappa shape index (κ2) is 7.10. The molecule has 1 N–H and O–H groups in total. The standard InChI is InChI=1S/C12H22N4O2/c1-8(2)6-9(13-3)7-10-14-11(17-4)16-12(15-10)18-5/h8-9,13H,6-7H2,1-5H3. The van der Waals surface area contributed by atoms with Crippen LogP contribution in [0.1, 0.15) is 26.1 Å². The third-order valence-corrected chi connectivity index (χ3v) is 2.60. The third kappa shape index (κ3) is 4.44. The normalized spacial score (nSPS) is 12.6. The van der Waals surface area contributed by atoms with Crippen molar-refractivity contribution in [1.29, 1.82) is 0 Å². The summed E-state index contributed by atoms with van der Waals surface area (Å²) in [5, 5.41) is 3.27. The van der Waals surface area contributed by atoms with Crippen molar-refractivity contribution in [2.45, 2.75) is 32.7 Å². The number of hydrogen-bond acceptors (Lipinski definition) is 6. The van der Waals surface area contributed by atoms with Crippen LogP contribution in [0.2, 0.25) is 0 Å². The van der Waals surface area contributed by atoms with Gasteiger partial charge in [0.25, 0.3) is 0 Å². The molecule has 102 valence electrons. The molecule has 0 saturated heterocycles. The van der Waals surface area contributed by atoms with Crippen molar-refractivity contribution in [2.24, 2.45) is 5.92 Å². The third-order valence-electron chi connectivity index (χ3n) is 2.60. The fourth-order valence-corrected chi connectivity index (χ4v) is 1.74. The van der Waals surface area contributed by atoms with E-state index in [1.165, 1.54) is 14.2 Å². The van der Waals surface area contributed by atoms with Gasteiger partial charge in [-0.25, -0.2) is 0 Å². The largest absolute Gasteiger partial charge is 0.467 e. The van der Waals surface area contributed by atoms with Gasteiger partial charge in [-0.1, -0.05) is 13.8 Å². The first kappa shape index (κ1) is 14.6. The predicted octanol–water partition coefficient (Wildman–Crippen LogP) is 1.07. The van der Waals surface area contributed by atoms with Crippen molar-refractivity contribution in [2.75, 3.05) is 21.3 Å². The molecule has 6 heteroatoms. The summed E-state index contributed by atoms with van der Waals surface area (Å²) < 4.78 is 10.1. The molecule has 0 fully saturated rings. The number of ether oxygens (including phenoxy) is 2. The number of methoxy groups -OCH3 is 2. The van der Waals surface area contributed by atoms with Crippen LogP contribution < -0.4 is 14.8 Å². The highest BCUT2D eigenvalue weighted by Crippen LogP contribution is 2.13. The predicted molar refractivity (Wildman–Crippen MR) is 68.9 cm³/mol. The van der Waals surface area contributed by atoms with Crippen molar-refractivity contribution in [3.63, 3.8) is 0 Å².